The standard InChI is InChI=1S/C6H9F2NO2/c1-11-5(10)4-3(2-9)6(4,7)8/h3-4H,2,9H2,1H3/t3-,4-/m1/s1. The molecule has 1 aliphatic carbocycles. The normalized spacial score (nSPS) is 33.1. The molecule has 0 unspecified atom stereocenters. The number of hydrogen-bond donors (Lipinski definition) is 1. The maximum Gasteiger partial charge on any atom is 0.315 e. The summed E-state index contributed by atoms with van der Waals surface area (Å²) in [7, 11) is 1.09. The first kappa shape index (κ1) is 8.39. The Morgan fingerprint density at radius 3 is 2.55 bits per heavy atom. The van der Waals surface area contributed by atoms with E-state index < -0.39 is 23.7 Å². The minimum atomic E-state index is -2.94. The molecule has 0 aromatic carbocycles. The predicted molar refractivity (Wildman–Crippen MR) is 33.0 cm³/mol. The Kier molecular flexibility index (Phi) is 1.83. The highest BCUT2D eigenvalue weighted by Crippen LogP contribution is 2.54. The molecule has 0 amide bonds. The van der Waals surface area contributed by atoms with Gasteiger partial charge < -0.3 is 10.5 Å². The molecule has 1 saturated carbocycles. The van der Waals surface area contributed by atoms with E-state index in [0.29, 0.717) is 0 Å². The summed E-state index contributed by atoms with van der Waals surface area (Å²) in [5.41, 5.74) is 5.00. The second-order valence-electron chi connectivity index (χ2n) is 2.52. The summed E-state index contributed by atoms with van der Waals surface area (Å²) in [5.74, 6) is -6.14. The van der Waals surface area contributed by atoms with E-state index in [1.165, 1.54) is 0 Å². The lowest BCUT2D eigenvalue weighted by molar-refractivity contribution is -0.144. The largest absolute Gasteiger partial charge is 0.469 e. The molecular formula is C6H9F2NO2. The van der Waals surface area contributed by atoms with Crippen molar-refractivity contribution in [2.45, 2.75) is 5.92 Å². The lowest BCUT2D eigenvalue weighted by Gasteiger charge is -1.93. The van der Waals surface area contributed by atoms with Crippen LogP contribution in [0.15, 0.2) is 0 Å². The van der Waals surface area contributed by atoms with Crippen molar-refractivity contribution in [3.8, 4) is 0 Å². The molecule has 1 aliphatic rings. The number of alkyl halides is 2. The number of nitrogens with two attached hydrogens (primary N) is 1. The van der Waals surface area contributed by atoms with Crippen LogP contribution in [0.3, 0.4) is 0 Å². The summed E-state index contributed by atoms with van der Waals surface area (Å²) in [4.78, 5) is 10.6. The lowest BCUT2D eigenvalue weighted by Crippen LogP contribution is -2.09. The van der Waals surface area contributed by atoms with Gasteiger partial charge in [-0.2, -0.15) is 0 Å². The molecule has 0 radical (unpaired) electrons. The highest BCUT2D eigenvalue weighted by molar-refractivity contribution is 5.78. The summed E-state index contributed by atoms with van der Waals surface area (Å²) in [6.07, 6.45) is 0. The number of carbonyl (C=O) groups excluding carboxylic acids is 1. The topological polar surface area (TPSA) is 52.3 Å². The Bertz CT molecular complexity index is 183. The summed E-state index contributed by atoms with van der Waals surface area (Å²) >= 11 is 0. The highest BCUT2D eigenvalue weighted by atomic mass is 19.3. The van der Waals surface area contributed by atoms with Crippen molar-refractivity contribution >= 4 is 5.97 Å². The third-order valence-electron chi connectivity index (χ3n) is 1.91. The predicted octanol–water partition coefficient (Wildman–Crippen LogP) is -0.000600. The van der Waals surface area contributed by atoms with Gasteiger partial charge in [0, 0.05) is 6.54 Å². The summed E-state index contributed by atoms with van der Waals surface area (Å²) < 4.78 is 29.2. The molecule has 0 aromatic rings. The van der Waals surface area contributed by atoms with Crippen molar-refractivity contribution in [1.29, 1.82) is 0 Å². The zero-order valence-electron chi connectivity index (χ0n) is 6.01. The van der Waals surface area contributed by atoms with Crippen LogP contribution in [0.5, 0.6) is 0 Å². The summed E-state index contributed by atoms with van der Waals surface area (Å²) in [5, 5.41) is 0. The van der Waals surface area contributed by atoms with Gasteiger partial charge in [0.05, 0.1) is 13.0 Å². The molecule has 0 spiro atoms. The van der Waals surface area contributed by atoms with Crippen LogP contribution < -0.4 is 5.73 Å². The smallest absolute Gasteiger partial charge is 0.315 e. The van der Waals surface area contributed by atoms with E-state index >= 15 is 0 Å². The molecule has 0 bridgehead atoms. The van der Waals surface area contributed by atoms with E-state index in [0.717, 1.165) is 7.11 Å². The lowest BCUT2D eigenvalue weighted by atomic mass is 10.3. The van der Waals surface area contributed by atoms with Gasteiger partial charge in [0.1, 0.15) is 5.92 Å². The number of ether oxygens (including phenoxy) is 1. The Morgan fingerprint density at radius 1 is 1.73 bits per heavy atom. The molecule has 0 heterocycles. The molecular weight excluding hydrogens is 156 g/mol. The fourth-order valence-corrected chi connectivity index (χ4v) is 1.13. The van der Waals surface area contributed by atoms with Crippen molar-refractivity contribution in [3.63, 3.8) is 0 Å². The van der Waals surface area contributed by atoms with Crippen molar-refractivity contribution in [2.75, 3.05) is 13.7 Å². The molecule has 1 rings (SSSR count). The Balaban J connectivity index is 2.58. The SMILES string of the molecule is COC(=O)[C@H]1[C@@H](CN)C1(F)F. The van der Waals surface area contributed by atoms with Gasteiger partial charge in [-0.25, -0.2) is 8.78 Å². The molecule has 2 N–H and O–H groups in total. The molecule has 2 atom stereocenters. The van der Waals surface area contributed by atoms with Crippen LogP contribution >= 0.6 is 0 Å². The fraction of sp³-hybridized carbons (Fsp3) is 0.833. The second-order valence-corrected chi connectivity index (χ2v) is 2.52. The van der Waals surface area contributed by atoms with Crippen LogP contribution in [-0.2, 0) is 9.53 Å². The van der Waals surface area contributed by atoms with Gasteiger partial charge in [-0.05, 0) is 0 Å². The number of carbonyl (C=O) groups is 1. The number of methoxy groups -OCH3 is 1. The van der Waals surface area contributed by atoms with Crippen LogP contribution in [0.1, 0.15) is 0 Å². The first-order chi connectivity index (χ1) is 5.05. The number of rotatable bonds is 2. The van der Waals surface area contributed by atoms with E-state index in [-0.39, 0.29) is 6.54 Å². The molecule has 5 heteroatoms. The van der Waals surface area contributed by atoms with Crippen LogP contribution in [0.25, 0.3) is 0 Å². The third-order valence-corrected chi connectivity index (χ3v) is 1.91. The molecule has 64 valence electrons. The molecule has 0 aliphatic heterocycles. The molecule has 0 aromatic heterocycles. The minimum Gasteiger partial charge on any atom is -0.469 e. The summed E-state index contributed by atoms with van der Waals surface area (Å²) in [6.45, 7) is -0.174. The zero-order valence-corrected chi connectivity index (χ0v) is 6.01. The maximum absolute atomic E-state index is 12.5. The van der Waals surface area contributed by atoms with Gasteiger partial charge in [-0.1, -0.05) is 0 Å². The van der Waals surface area contributed by atoms with Gasteiger partial charge >= 0.3 is 5.97 Å². The van der Waals surface area contributed by atoms with E-state index in [1.54, 1.807) is 0 Å². The van der Waals surface area contributed by atoms with Gasteiger partial charge in [0.15, 0.2) is 0 Å². The van der Waals surface area contributed by atoms with Crippen LogP contribution in [-0.4, -0.2) is 25.5 Å². The Hall–Kier alpha value is -0.710. The average Bonchev–Trinajstić information content (AvgIpc) is 2.51. The maximum atomic E-state index is 12.5. The molecule has 1 fully saturated rings. The van der Waals surface area contributed by atoms with Crippen molar-refractivity contribution in [3.05, 3.63) is 0 Å². The highest BCUT2D eigenvalue weighted by Gasteiger charge is 2.71. The van der Waals surface area contributed by atoms with Crippen LogP contribution in [0, 0.1) is 11.8 Å². The summed E-state index contributed by atoms with van der Waals surface area (Å²) in [6, 6.07) is 0. The quantitative estimate of drug-likeness (QED) is 0.586. The van der Waals surface area contributed by atoms with Crippen molar-refractivity contribution in [1.82, 2.24) is 0 Å². The third kappa shape index (κ3) is 1.09. The average molecular weight is 165 g/mol. The van der Waals surface area contributed by atoms with E-state index in [9.17, 15) is 13.6 Å². The number of hydrogen-bond acceptors (Lipinski definition) is 3. The fourth-order valence-electron chi connectivity index (χ4n) is 1.13. The Morgan fingerprint density at radius 2 is 2.27 bits per heavy atom. The van der Waals surface area contributed by atoms with Crippen LogP contribution in [0.2, 0.25) is 0 Å². The number of esters is 1. The minimum absolute atomic E-state index is 0.174. The Labute approximate surface area is 62.5 Å². The number of halogens is 2. The van der Waals surface area contributed by atoms with E-state index in [4.69, 9.17) is 5.73 Å². The molecule has 0 saturated heterocycles. The van der Waals surface area contributed by atoms with Gasteiger partial charge in [-0.3, -0.25) is 4.79 Å². The zero-order chi connectivity index (χ0) is 8.65. The van der Waals surface area contributed by atoms with E-state index in [2.05, 4.69) is 4.74 Å². The second kappa shape index (κ2) is 2.41. The van der Waals surface area contributed by atoms with Gasteiger partial charge in [-0.15, -0.1) is 0 Å². The first-order valence-electron chi connectivity index (χ1n) is 3.21. The monoisotopic (exact) mass is 165 g/mol. The van der Waals surface area contributed by atoms with Gasteiger partial charge in [0.2, 0.25) is 0 Å². The molecule has 11 heavy (non-hydrogen) atoms. The first-order valence-corrected chi connectivity index (χ1v) is 3.21. The van der Waals surface area contributed by atoms with Gasteiger partial charge in [0.25, 0.3) is 5.92 Å². The molecule has 3 nitrogen and oxygen atoms in total. The van der Waals surface area contributed by atoms with Crippen LogP contribution in [0.4, 0.5) is 8.78 Å². The van der Waals surface area contributed by atoms with Crippen molar-refractivity contribution in [2.24, 2.45) is 17.6 Å². The van der Waals surface area contributed by atoms with Crippen molar-refractivity contribution < 1.29 is 18.3 Å². The van der Waals surface area contributed by atoms with E-state index in [1.807, 2.05) is 0 Å².